The number of benzene rings is 1. The average Bonchev–Trinajstić information content (AvgIpc) is 2.89. The van der Waals surface area contributed by atoms with Gasteiger partial charge in [-0.25, -0.2) is 0 Å². The number of piperazine rings is 1. The largest absolute Gasteiger partial charge is 0.395 e. The quantitative estimate of drug-likeness (QED) is 0.301. The van der Waals surface area contributed by atoms with Crippen LogP contribution >= 0.6 is 0 Å². The molecule has 5 N–H and O–H groups in total. The molecule has 3 heterocycles. The van der Waals surface area contributed by atoms with Crippen LogP contribution in [0.5, 0.6) is 0 Å². The van der Waals surface area contributed by atoms with Crippen molar-refractivity contribution in [1.82, 2.24) is 14.9 Å². The van der Waals surface area contributed by atoms with Gasteiger partial charge in [0.05, 0.1) is 36.1 Å². The zero-order valence-corrected chi connectivity index (χ0v) is 21.5. The number of nitrogens with zero attached hydrogens (tertiary/aromatic N) is 3. The van der Waals surface area contributed by atoms with Crippen molar-refractivity contribution in [1.29, 1.82) is 0 Å². The fourth-order valence-corrected chi connectivity index (χ4v) is 4.42. The van der Waals surface area contributed by atoms with E-state index in [1.807, 2.05) is 31.2 Å². The first-order chi connectivity index (χ1) is 17.9. The molecule has 1 fully saturated rings. The third-order valence-electron chi connectivity index (χ3n) is 6.63. The highest BCUT2D eigenvalue weighted by molar-refractivity contribution is 6.08. The Morgan fingerprint density at radius 2 is 1.76 bits per heavy atom. The lowest BCUT2D eigenvalue weighted by molar-refractivity contribution is 0.102. The molecule has 1 saturated heterocycles. The molecular formula is C27H35N7O3. The van der Waals surface area contributed by atoms with Gasteiger partial charge in [-0.15, -0.1) is 0 Å². The van der Waals surface area contributed by atoms with E-state index in [1.165, 1.54) is 6.20 Å². The highest BCUT2D eigenvalue weighted by Gasteiger charge is 2.20. The zero-order chi connectivity index (χ0) is 26.4. The first-order valence-electron chi connectivity index (χ1n) is 12.6. The first-order valence-corrected chi connectivity index (χ1v) is 12.6. The smallest absolute Gasteiger partial charge is 0.263 e. The molecule has 0 radical (unpaired) electrons. The maximum atomic E-state index is 13.2. The first kappa shape index (κ1) is 26.2. The van der Waals surface area contributed by atoms with E-state index < -0.39 is 11.5 Å². The summed E-state index contributed by atoms with van der Waals surface area (Å²) >= 11 is 0. The van der Waals surface area contributed by atoms with Gasteiger partial charge >= 0.3 is 0 Å². The van der Waals surface area contributed by atoms with E-state index in [1.54, 1.807) is 18.5 Å². The number of carbonyl (C=O) groups excluding carboxylic acids is 1. The molecule has 0 bridgehead atoms. The van der Waals surface area contributed by atoms with E-state index in [0.717, 1.165) is 43.1 Å². The molecule has 3 aromatic rings. The van der Waals surface area contributed by atoms with Crippen LogP contribution in [-0.2, 0) is 0 Å². The van der Waals surface area contributed by atoms with Crippen LogP contribution in [0.15, 0.2) is 53.7 Å². The highest BCUT2D eigenvalue weighted by atomic mass is 16.3. The van der Waals surface area contributed by atoms with Crippen molar-refractivity contribution in [2.45, 2.75) is 26.8 Å². The summed E-state index contributed by atoms with van der Waals surface area (Å²) in [5.41, 5.74) is 3.80. The summed E-state index contributed by atoms with van der Waals surface area (Å²) in [6.07, 6.45) is 4.78. The van der Waals surface area contributed by atoms with Crippen LogP contribution in [0.25, 0.3) is 0 Å². The van der Waals surface area contributed by atoms with Crippen molar-refractivity contribution < 1.29 is 9.90 Å². The van der Waals surface area contributed by atoms with Gasteiger partial charge in [0.25, 0.3) is 11.5 Å². The monoisotopic (exact) mass is 505 g/mol. The molecule has 10 heteroatoms. The zero-order valence-electron chi connectivity index (χ0n) is 21.5. The summed E-state index contributed by atoms with van der Waals surface area (Å²) in [4.78, 5) is 37.5. The SMILES string of the molecule is Cc1c(NCCO)cncc1Nc1cc[nH]c(=O)c1C(=O)Nc1ccc(N2CCN(C(C)C)CC2)cc1. The third-order valence-corrected chi connectivity index (χ3v) is 6.63. The Balaban J connectivity index is 1.47. The number of hydrogen-bond donors (Lipinski definition) is 5. The van der Waals surface area contributed by atoms with Crippen LogP contribution < -0.4 is 26.4 Å². The van der Waals surface area contributed by atoms with E-state index >= 15 is 0 Å². The second-order valence-corrected chi connectivity index (χ2v) is 9.35. The molecular weight excluding hydrogens is 470 g/mol. The fraction of sp³-hybridized carbons (Fsp3) is 0.370. The van der Waals surface area contributed by atoms with Crippen molar-refractivity contribution in [3.05, 3.63) is 70.4 Å². The highest BCUT2D eigenvalue weighted by Crippen LogP contribution is 2.27. The number of amides is 1. The molecule has 0 unspecified atom stereocenters. The van der Waals surface area contributed by atoms with E-state index in [4.69, 9.17) is 5.11 Å². The topological polar surface area (TPSA) is 126 Å². The molecule has 0 saturated carbocycles. The number of anilines is 5. The van der Waals surface area contributed by atoms with Crippen LogP contribution in [0.2, 0.25) is 0 Å². The number of nitrogens with one attached hydrogen (secondary N) is 4. The summed E-state index contributed by atoms with van der Waals surface area (Å²) in [5.74, 6) is -0.511. The number of aromatic amines is 1. The average molecular weight is 506 g/mol. The molecule has 1 aromatic carbocycles. The Morgan fingerprint density at radius 3 is 2.43 bits per heavy atom. The molecule has 1 amide bonds. The molecule has 0 spiro atoms. The molecule has 1 aliphatic heterocycles. The minimum Gasteiger partial charge on any atom is -0.395 e. The van der Waals surface area contributed by atoms with Gasteiger partial charge in [-0.05, 0) is 56.7 Å². The Hall–Kier alpha value is -3.89. The summed E-state index contributed by atoms with van der Waals surface area (Å²) in [7, 11) is 0. The van der Waals surface area contributed by atoms with E-state index in [2.05, 4.69) is 49.6 Å². The second kappa shape index (κ2) is 11.9. The lowest BCUT2D eigenvalue weighted by Crippen LogP contribution is -2.48. The van der Waals surface area contributed by atoms with Crippen molar-refractivity contribution in [3.8, 4) is 0 Å². The van der Waals surface area contributed by atoms with Gasteiger partial charge in [0.1, 0.15) is 5.56 Å². The van der Waals surface area contributed by atoms with E-state index in [-0.39, 0.29) is 12.2 Å². The molecule has 10 nitrogen and oxygen atoms in total. The van der Waals surface area contributed by atoms with Crippen molar-refractivity contribution in [3.63, 3.8) is 0 Å². The van der Waals surface area contributed by atoms with E-state index in [0.29, 0.717) is 29.6 Å². The minimum atomic E-state index is -0.511. The van der Waals surface area contributed by atoms with Crippen LogP contribution in [0.4, 0.5) is 28.4 Å². The fourth-order valence-electron chi connectivity index (χ4n) is 4.42. The van der Waals surface area contributed by atoms with Crippen LogP contribution in [0.1, 0.15) is 29.8 Å². The molecule has 196 valence electrons. The van der Waals surface area contributed by atoms with Gasteiger partial charge in [0, 0.05) is 56.3 Å². The predicted molar refractivity (Wildman–Crippen MR) is 148 cm³/mol. The summed E-state index contributed by atoms with van der Waals surface area (Å²) in [6, 6.07) is 9.90. The second-order valence-electron chi connectivity index (χ2n) is 9.35. The molecule has 0 atom stereocenters. The third kappa shape index (κ3) is 6.28. The van der Waals surface area contributed by atoms with Crippen LogP contribution in [0.3, 0.4) is 0 Å². The number of rotatable bonds is 9. The van der Waals surface area contributed by atoms with Gasteiger partial charge in [0.15, 0.2) is 0 Å². The number of carbonyl (C=O) groups is 1. The van der Waals surface area contributed by atoms with Crippen molar-refractivity contribution in [2.24, 2.45) is 0 Å². The predicted octanol–water partition coefficient (Wildman–Crippen LogP) is 3.01. The number of aliphatic hydroxyl groups is 1. The molecule has 4 rings (SSSR count). The lowest BCUT2D eigenvalue weighted by Gasteiger charge is -2.38. The summed E-state index contributed by atoms with van der Waals surface area (Å²) in [5, 5.41) is 18.2. The maximum absolute atomic E-state index is 13.2. The number of H-pyrrole nitrogens is 1. The summed E-state index contributed by atoms with van der Waals surface area (Å²) in [6.45, 7) is 10.7. The molecule has 0 aliphatic carbocycles. The van der Waals surface area contributed by atoms with E-state index in [9.17, 15) is 9.59 Å². The van der Waals surface area contributed by atoms with Gasteiger partial charge in [-0.1, -0.05) is 0 Å². The Morgan fingerprint density at radius 1 is 1.05 bits per heavy atom. The number of aliphatic hydroxyl groups excluding tert-OH is 1. The van der Waals surface area contributed by atoms with Crippen LogP contribution in [0, 0.1) is 6.92 Å². The Labute approximate surface area is 216 Å². The summed E-state index contributed by atoms with van der Waals surface area (Å²) < 4.78 is 0. The van der Waals surface area contributed by atoms with Gasteiger partial charge < -0.3 is 30.9 Å². The molecule has 2 aromatic heterocycles. The lowest BCUT2D eigenvalue weighted by atomic mass is 10.1. The maximum Gasteiger partial charge on any atom is 0.263 e. The van der Waals surface area contributed by atoms with Gasteiger partial charge in [-0.3, -0.25) is 19.5 Å². The van der Waals surface area contributed by atoms with Gasteiger partial charge in [-0.2, -0.15) is 0 Å². The standard InChI is InChI=1S/C27H35N7O3/c1-18(2)33-11-13-34(14-12-33)21-6-4-20(5-7-21)31-27(37)25-22(8-9-30-26(25)36)32-24-17-28-16-23(19(24)3)29-10-15-35/h4-9,16-18,29,35H,10-15H2,1-3H3,(H,31,37)(H2,30,32,36). The number of aromatic nitrogens is 2. The Bertz CT molecular complexity index is 1270. The van der Waals surface area contributed by atoms with Crippen molar-refractivity contribution >= 4 is 34.3 Å². The molecule has 1 aliphatic rings. The Kier molecular flexibility index (Phi) is 8.42. The van der Waals surface area contributed by atoms with Crippen molar-refractivity contribution in [2.75, 3.05) is 60.2 Å². The van der Waals surface area contributed by atoms with Crippen LogP contribution in [-0.4, -0.2) is 71.3 Å². The minimum absolute atomic E-state index is 0.00870. The normalized spacial score (nSPS) is 14.0. The van der Waals surface area contributed by atoms with Gasteiger partial charge in [0.2, 0.25) is 0 Å². The number of pyridine rings is 2. The molecule has 37 heavy (non-hydrogen) atoms. The number of hydrogen-bond acceptors (Lipinski definition) is 8.